The summed E-state index contributed by atoms with van der Waals surface area (Å²) in [5.41, 5.74) is 3.57. The van der Waals surface area contributed by atoms with Crippen molar-refractivity contribution in [2.75, 3.05) is 11.6 Å². The minimum atomic E-state index is -0.688. The molecule has 1 aromatic heterocycles. The first kappa shape index (κ1) is 21.4. The molecule has 3 aromatic rings. The first-order valence-electron chi connectivity index (χ1n) is 9.62. The second-order valence-corrected chi connectivity index (χ2v) is 7.46. The quantitative estimate of drug-likeness (QED) is 0.238. The number of furan rings is 1. The second-order valence-electron chi connectivity index (χ2n) is 6.60. The maximum atomic E-state index is 12.8. The number of hydrazine groups is 1. The summed E-state index contributed by atoms with van der Waals surface area (Å²) in [6.07, 6.45) is 2.82. The molecule has 0 bridgehead atoms. The van der Waals surface area contributed by atoms with E-state index in [-0.39, 0.29) is 22.8 Å². The number of nitrogens with one attached hydrogen (secondary N) is 1. The molecular weight excluding hydrogens is 480 g/mol. The van der Waals surface area contributed by atoms with Crippen LogP contribution in [-0.4, -0.2) is 24.4 Å². The first-order chi connectivity index (χ1) is 15.5. The zero-order valence-corrected chi connectivity index (χ0v) is 18.4. The Balaban J connectivity index is 1.65. The van der Waals surface area contributed by atoms with Crippen molar-refractivity contribution in [2.24, 2.45) is 0 Å². The average molecular weight is 497 g/mol. The Morgan fingerprint density at radius 3 is 2.62 bits per heavy atom. The molecule has 0 aliphatic carbocycles. The number of halogens is 1. The molecule has 0 saturated carbocycles. The van der Waals surface area contributed by atoms with Gasteiger partial charge in [-0.2, -0.15) is 0 Å². The summed E-state index contributed by atoms with van der Waals surface area (Å²) in [7, 11) is 0. The van der Waals surface area contributed by atoms with Gasteiger partial charge in [-0.25, -0.2) is 9.80 Å². The molecule has 0 atom stereocenters. The molecule has 1 saturated heterocycles. The van der Waals surface area contributed by atoms with Crippen LogP contribution in [0.15, 0.2) is 75.3 Å². The zero-order chi connectivity index (χ0) is 22.7. The number of carbonyl (C=O) groups excluding carboxylic acids is 3. The van der Waals surface area contributed by atoms with Crippen molar-refractivity contribution in [2.45, 2.75) is 6.92 Å². The van der Waals surface area contributed by atoms with Crippen molar-refractivity contribution in [1.82, 2.24) is 5.43 Å². The van der Waals surface area contributed by atoms with Crippen LogP contribution in [0.3, 0.4) is 0 Å². The summed E-state index contributed by atoms with van der Waals surface area (Å²) in [6, 6.07) is 15.0. The van der Waals surface area contributed by atoms with Gasteiger partial charge in [0.25, 0.3) is 11.8 Å². The van der Waals surface area contributed by atoms with Crippen LogP contribution >= 0.6 is 15.9 Å². The molecule has 8 nitrogen and oxygen atoms in total. The van der Waals surface area contributed by atoms with Gasteiger partial charge < -0.3 is 13.9 Å². The van der Waals surface area contributed by atoms with E-state index in [9.17, 15) is 14.4 Å². The summed E-state index contributed by atoms with van der Waals surface area (Å²) in [4.78, 5) is 37.6. The summed E-state index contributed by atoms with van der Waals surface area (Å²) in [5, 5.41) is 1.19. The molecule has 1 fully saturated rings. The fourth-order valence-corrected chi connectivity index (χ4v) is 3.59. The van der Waals surface area contributed by atoms with Gasteiger partial charge >= 0.3 is 5.97 Å². The summed E-state index contributed by atoms with van der Waals surface area (Å²) >= 11 is 3.38. The molecule has 0 unspecified atom stereocenters. The van der Waals surface area contributed by atoms with E-state index in [1.807, 2.05) is 6.07 Å². The highest BCUT2D eigenvalue weighted by Crippen LogP contribution is 2.38. The Hall–Kier alpha value is -3.85. The second kappa shape index (κ2) is 9.11. The molecule has 162 valence electrons. The molecule has 4 rings (SSSR count). The highest BCUT2D eigenvalue weighted by molar-refractivity contribution is 9.10. The number of para-hydroxylation sites is 1. The van der Waals surface area contributed by atoms with Crippen LogP contribution in [-0.2, 0) is 9.59 Å². The maximum absolute atomic E-state index is 12.8. The molecular formula is C23H17BrN2O6. The fraction of sp³-hybridized carbons (Fsp3) is 0.0870. The molecule has 2 aromatic carbocycles. The SMILES string of the molecule is CCOc1cc(C=C2C(=O)NN(c3ccccc3)C2=O)cc(Br)c1OC(=O)c1ccco1. The van der Waals surface area contributed by atoms with Crippen LogP contribution in [0.5, 0.6) is 11.5 Å². The standard InChI is InChI=1S/C23H17BrN2O6/c1-2-30-19-13-14(12-17(24)20(19)32-23(29)18-9-6-10-31-18)11-16-21(27)25-26(22(16)28)15-7-4-3-5-8-15/h3-13H,2H2,1H3,(H,25,27). The molecule has 1 aliphatic rings. The van der Waals surface area contributed by atoms with Gasteiger partial charge in [0.15, 0.2) is 11.5 Å². The molecule has 2 heterocycles. The van der Waals surface area contributed by atoms with Gasteiger partial charge in [0.05, 0.1) is 23.0 Å². The van der Waals surface area contributed by atoms with E-state index < -0.39 is 17.8 Å². The van der Waals surface area contributed by atoms with Crippen molar-refractivity contribution < 1.29 is 28.3 Å². The Morgan fingerprint density at radius 1 is 1.16 bits per heavy atom. The molecule has 0 radical (unpaired) electrons. The zero-order valence-electron chi connectivity index (χ0n) is 16.8. The van der Waals surface area contributed by atoms with Crippen molar-refractivity contribution in [3.05, 3.63) is 82.2 Å². The van der Waals surface area contributed by atoms with Crippen molar-refractivity contribution >= 4 is 45.5 Å². The van der Waals surface area contributed by atoms with E-state index in [0.717, 1.165) is 0 Å². The molecule has 1 aliphatic heterocycles. The van der Waals surface area contributed by atoms with Crippen molar-refractivity contribution in [1.29, 1.82) is 0 Å². The van der Waals surface area contributed by atoms with E-state index in [2.05, 4.69) is 21.4 Å². The molecule has 1 N–H and O–H groups in total. The summed E-state index contributed by atoms with van der Waals surface area (Å²) in [5.74, 6) is -1.24. The van der Waals surface area contributed by atoms with E-state index >= 15 is 0 Å². The van der Waals surface area contributed by atoms with Crippen molar-refractivity contribution in [3.63, 3.8) is 0 Å². The van der Waals surface area contributed by atoms with Gasteiger partial charge in [0.1, 0.15) is 5.57 Å². The van der Waals surface area contributed by atoms with Gasteiger partial charge in [0, 0.05) is 0 Å². The number of rotatable bonds is 6. The highest BCUT2D eigenvalue weighted by atomic mass is 79.9. The normalized spacial score (nSPS) is 14.6. The Bertz CT molecular complexity index is 1200. The third-order valence-corrected chi connectivity index (χ3v) is 5.05. The number of nitrogens with zero attached hydrogens (tertiary/aromatic N) is 1. The first-order valence-corrected chi connectivity index (χ1v) is 10.4. The van der Waals surface area contributed by atoms with Crippen molar-refractivity contribution in [3.8, 4) is 11.5 Å². The van der Waals surface area contributed by atoms with Crippen LogP contribution < -0.4 is 19.9 Å². The predicted octanol–water partition coefficient (Wildman–Crippen LogP) is 4.12. The lowest BCUT2D eigenvalue weighted by Gasteiger charge is -2.14. The fourth-order valence-electron chi connectivity index (χ4n) is 3.05. The van der Waals surface area contributed by atoms with Gasteiger partial charge in [0.2, 0.25) is 5.76 Å². The van der Waals surface area contributed by atoms with Gasteiger partial charge in [-0.3, -0.25) is 15.0 Å². The Labute approximate surface area is 191 Å². The van der Waals surface area contributed by atoms with E-state index in [1.54, 1.807) is 49.4 Å². The van der Waals surface area contributed by atoms with E-state index in [1.165, 1.54) is 23.4 Å². The average Bonchev–Trinajstić information content (AvgIpc) is 3.41. The summed E-state index contributed by atoms with van der Waals surface area (Å²) in [6.45, 7) is 2.09. The minimum Gasteiger partial charge on any atom is -0.490 e. The van der Waals surface area contributed by atoms with E-state index in [0.29, 0.717) is 22.3 Å². The van der Waals surface area contributed by atoms with E-state index in [4.69, 9.17) is 13.9 Å². The molecule has 32 heavy (non-hydrogen) atoms. The molecule has 2 amide bonds. The monoisotopic (exact) mass is 496 g/mol. The topological polar surface area (TPSA) is 98.1 Å². The lowest BCUT2D eigenvalue weighted by molar-refractivity contribution is -0.117. The number of anilines is 1. The number of carbonyl (C=O) groups is 3. The Morgan fingerprint density at radius 2 is 1.94 bits per heavy atom. The third kappa shape index (κ3) is 4.28. The van der Waals surface area contributed by atoms with Crippen LogP contribution in [0.25, 0.3) is 6.08 Å². The smallest absolute Gasteiger partial charge is 0.379 e. The number of ether oxygens (including phenoxy) is 2. The molecule has 0 spiro atoms. The van der Waals surface area contributed by atoms with Gasteiger partial charge in [-0.05, 0) is 70.9 Å². The van der Waals surface area contributed by atoms with Crippen LogP contribution in [0.1, 0.15) is 23.0 Å². The lowest BCUT2D eigenvalue weighted by atomic mass is 10.1. The van der Waals surface area contributed by atoms with Gasteiger partial charge in [-0.1, -0.05) is 18.2 Å². The Kier molecular flexibility index (Phi) is 6.09. The maximum Gasteiger partial charge on any atom is 0.379 e. The predicted molar refractivity (Wildman–Crippen MR) is 119 cm³/mol. The number of benzene rings is 2. The molecule has 9 heteroatoms. The summed E-state index contributed by atoms with van der Waals surface area (Å²) < 4.78 is 16.5. The van der Waals surface area contributed by atoms with Crippen LogP contribution in [0, 0.1) is 0 Å². The largest absolute Gasteiger partial charge is 0.490 e. The number of amides is 2. The van der Waals surface area contributed by atoms with Gasteiger partial charge in [-0.15, -0.1) is 0 Å². The third-order valence-electron chi connectivity index (χ3n) is 4.47. The minimum absolute atomic E-state index is 0.0384. The van der Waals surface area contributed by atoms with Crippen LogP contribution in [0.4, 0.5) is 5.69 Å². The number of hydrogen-bond acceptors (Lipinski definition) is 6. The van der Waals surface area contributed by atoms with Crippen LogP contribution in [0.2, 0.25) is 0 Å². The number of hydrogen-bond donors (Lipinski definition) is 1. The lowest BCUT2D eigenvalue weighted by Crippen LogP contribution is -2.35. The highest BCUT2D eigenvalue weighted by Gasteiger charge is 2.34. The number of esters is 1.